The standard InChI is InChI=1S/C27H19N5O12S3/c28-20-12-18-14(9-23(20)46(39,40)41)10-24(47(42,43)44)25(26(18)33)32-31-21-6-7-22(19-11-16(45(36,37)38)4-5-17(19)21)30-29-15-3-1-2-13(8-15)27(34)35/h1-12,33H,28H2,(H,34,35)(H,36,37,38)(H,39,40,41)(H,42,43,44). The van der Waals surface area contributed by atoms with Crippen molar-refractivity contribution in [2.24, 2.45) is 20.5 Å². The van der Waals surface area contributed by atoms with Gasteiger partial charge in [-0.2, -0.15) is 30.4 Å². The van der Waals surface area contributed by atoms with E-state index in [1.807, 2.05) is 0 Å². The number of hydrogen-bond acceptors (Lipinski definition) is 13. The molecule has 0 radical (unpaired) electrons. The molecule has 0 aliphatic heterocycles. The zero-order chi connectivity index (χ0) is 34.5. The van der Waals surface area contributed by atoms with Gasteiger partial charge >= 0.3 is 5.97 Å². The Morgan fingerprint density at radius 2 is 1.26 bits per heavy atom. The number of phenolic OH excluding ortho intramolecular Hbond substituents is 1. The molecule has 0 spiro atoms. The molecule has 7 N–H and O–H groups in total. The Hall–Kier alpha value is -5.38. The molecule has 0 aliphatic carbocycles. The highest BCUT2D eigenvalue weighted by Crippen LogP contribution is 2.44. The molecule has 5 aromatic rings. The van der Waals surface area contributed by atoms with Crippen molar-refractivity contribution >= 4 is 86.3 Å². The molecule has 5 rings (SSSR count). The topological polar surface area (TPSA) is 296 Å². The molecule has 20 heteroatoms. The maximum absolute atomic E-state index is 12.3. The highest BCUT2D eigenvalue weighted by Gasteiger charge is 2.25. The van der Waals surface area contributed by atoms with E-state index in [0.717, 1.165) is 30.3 Å². The van der Waals surface area contributed by atoms with Crippen LogP contribution in [0.15, 0.2) is 108 Å². The van der Waals surface area contributed by atoms with Crippen molar-refractivity contribution in [3.8, 4) is 5.75 Å². The predicted molar refractivity (Wildman–Crippen MR) is 165 cm³/mol. The van der Waals surface area contributed by atoms with Gasteiger partial charge in [-0.15, -0.1) is 15.3 Å². The second-order valence-corrected chi connectivity index (χ2v) is 13.9. The zero-order valence-electron chi connectivity index (χ0n) is 23.1. The summed E-state index contributed by atoms with van der Waals surface area (Å²) in [5.74, 6) is -2.10. The largest absolute Gasteiger partial charge is 0.505 e. The molecule has 0 aliphatic rings. The number of carboxylic acid groups (broad SMARTS) is 1. The summed E-state index contributed by atoms with van der Waals surface area (Å²) in [5.41, 5.74) is 4.46. The van der Waals surface area contributed by atoms with Crippen molar-refractivity contribution < 1.29 is 53.9 Å². The van der Waals surface area contributed by atoms with Crippen molar-refractivity contribution in [2.75, 3.05) is 5.73 Å². The van der Waals surface area contributed by atoms with Crippen LogP contribution in [0.1, 0.15) is 10.4 Å². The average molecular weight is 702 g/mol. The number of nitrogen functional groups attached to an aromatic ring is 1. The molecule has 0 saturated carbocycles. The number of carbonyl (C=O) groups is 1. The lowest BCUT2D eigenvalue weighted by atomic mass is 10.1. The first-order valence-corrected chi connectivity index (χ1v) is 16.9. The maximum atomic E-state index is 12.3. The Balaban J connectivity index is 1.69. The Kier molecular flexibility index (Phi) is 8.26. The van der Waals surface area contributed by atoms with Crippen LogP contribution in [0.25, 0.3) is 21.5 Å². The Morgan fingerprint density at radius 3 is 1.87 bits per heavy atom. The molecule has 0 unspecified atom stereocenters. The van der Waals surface area contributed by atoms with Gasteiger partial charge in [-0.05, 0) is 66.0 Å². The molecule has 0 atom stereocenters. The molecule has 17 nitrogen and oxygen atoms in total. The molecule has 0 fully saturated rings. The second kappa shape index (κ2) is 11.8. The van der Waals surface area contributed by atoms with Gasteiger partial charge < -0.3 is 15.9 Å². The first-order valence-electron chi connectivity index (χ1n) is 12.6. The van der Waals surface area contributed by atoms with Gasteiger partial charge in [0.05, 0.1) is 33.2 Å². The fourth-order valence-corrected chi connectivity index (χ4v) is 6.25. The first-order chi connectivity index (χ1) is 21.8. The molecule has 0 bridgehead atoms. The van der Waals surface area contributed by atoms with Gasteiger partial charge in [0, 0.05) is 16.2 Å². The van der Waals surface area contributed by atoms with E-state index in [1.165, 1.54) is 42.5 Å². The Labute approximate surface area is 264 Å². The third kappa shape index (κ3) is 6.77. The minimum atomic E-state index is -5.14. The minimum Gasteiger partial charge on any atom is -0.505 e. The number of rotatable bonds is 8. The van der Waals surface area contributed by atoms with Crippen LogP contribution in [-0.2, 0) is 30.4 Å². The number of nitrogens with two attached hydrogens (primary N) is 1. The summed E-state index contributed by atoms with van der Waals surface area (Å²) >= 11 is 0. The lowest BCUT2D eigenvalue weighted by Crippen LogP contribution is -2.04. The molecule has 242 valence electrons. The third-order valence-electron chi connectivity index (χ3n) is 6.60. The van der Waals surface area contributed by atoms with Gasteiger partial charge in [-0.1, -0.05) is 12.1 Å². The number of hydrogen-bond donors (Lipinski definition) is 6. The van der Waals surface area contributed by atoms with Crippen molar-refractivity contribution in [2.45, 2.75) is 14.7 Å². The zero-order valence-corrected chi connectivity index (χ0v) is 25.6. The molecule has 5 aromatic carbocycles. The number of azo groups is 2. The van der Waals surface area contributed by atoms with Crippen molar-refractivity contribution in [3.63, 3.8) is 0 Å². The van der Waals surface area contributed by atoms with E-state index in [-0.39, 0.29) is 44.2 Å². The van der Waals surface area contributed by atoms with Crippen LogP contribution in [-0.4, -0.2) is 55.1 Å². The fourth-order valence-electron chi connectivity index (χ4n) is 4.45. The van der Waals surface area contributed by atoms with Gasteiger partial charge in [0.2, 0.25) is 0 Å². The number of benzene rings is 5. The molecular formula is C27H19N5O12S3. The first kappa shape index (κ1) is 33.0. The monoisotopic (exact) mass is 701 g/mol. The smallest absolute Gasteiger partial charge is 0.335 e. The molecule has 0 amide bonds. The number of aromatic carboxylic acids is 1. The van der Waals surface area contributed by atoms with Crippen molar-refractivity contribution in [1.82, 2.24) is 0 Å². The van der Waals surface area contributed by atoms with Crippen LogP contribution in [0.3, 0.4) is 0 Å². The molecule has 47 heavy (non-hydrogen) atoms. The quantitative estimate of drug-likeness (QED) is 0.0657. The normalized spacial score (nSPS) is 12.8. The predicted octanol–water partition coefficient (Wildman–Crippen LogP) is 5.55. The number of carboxylic acids is 1. The summed E-state index contributed by atoms with van der Waals surface area (Å²) in [5, 5.41) is 35.7. The van der Waals surface area contributed by atoms with Gasteiger partial charge in [-0.3, -0.25) is 13.7 Å². The molecular weight excluding hydrogens is 683 g/mol. The lowest BCUT2D eigenvalue weighted by Gasteiger charge is -2.11. The molecule has 0 aromatic heterocycles. The number of anilines is 1. The number of fused-ring (bicyclic) bond motifs is 2. The summed E-state index contributed by atoms with van der Waals surface area (Å²) < 4.78 is 101. The Morgan fingerprint density at radius 1 is 0.638 bits per heavy atom. The lowest BCUT2D eigenvalue weighted by molar-refractivity contribution is 0.0696. The van der Waals surface area contributed by atoms with Crippen LogP contribution in [0, 0.1) is 0 Å². The van der Waals surface area contributed by atoms with E-state index < -0.39 is 68.1 Å². The molecule has 0 heterocycles. The Bertz CT molecular complexity index is 2550. The fraction of sp³-hybridized carbons (Fsp3) is 0. The summed E-state index contributed by atoms with van der Waals surface area (Å²) in [7, 11) is -14.7. The SMILES string of the molecule is Nc1cc2c(O)c(N=Nc3ccc(N=Nc4cccc(C(=O)O)c4)c4cc(S(=O)(=O)O)ccc34)c(S(=O)(=O)O)cc2cc1S(=O)(=O)O. The van der Waals surface area contributed by atoms with Crippen LogP contribution in [0.2, 0.25) is 0 Å². The van der Waals surface area contributed by atoms with E-state index in [1.54, 1.807) is 0 Å². The number of phenols is 1. The van der Waals surface area contributed by atoms with Crippen molar-refractivity contribution in [3.05, 3.63) is 78.4 Å². The van der Waals surface area contributed by atoms with E-state index in [4.69, 9.17) is 5.73 Å². The minimum absolute atomic E-state index is 0.0301. The van der Waals surface area contributed by atoms with Gasteiger partial charge in [0.25, 0.3) is 30.4 Å². The maximum Gasteiger partial charge on any atom is 0.335 e. The van der Waals surface area contributed by atoms with E-state index in [0.29, 0.717) is 0 Å². The number of nitrogens with zero attached hydrogens (tertiary/aromatic N) is 4. The summed E-state index contributed by atoms with van der Waals surface area (Å²) in [6, 6.07) is 13.8. The van der Waals surface area contributed by atoms with Crippen molar-refractivity contribution in [1.29, 1.82) is 0 Å². The van der Waals surface area contributed by atoms with Crippen LogP contribution < -0.4 is 5.73 Å². The van der Waals surface area contributed by atoms with E-state index >= 15 is 0 Å². The van der Waals surface area contributed by atoms with Crippen LogP contribution in [0.5, 0.6) is 5.75 Å². The average Bonchev–Trinajstić information content (AvgIpc) is 2.98. The van der Waals surface area contributed by atoms with E-state index in [9.17, 15) is 53.9 Å². The summed E-state index contributed by atoms with van der Waals surface area (Å²) in [6.07, 6.45) is 0. The van der Waals surface area contributed by atoms with Gasteiger partial charge in [0.15, 0.2) is 5.75 Å². The summed E-state index contributed by atoms with van der Waals surface area (Å²) in [6.45, 7) is 0. The van der Waals surface area contributed by atoms with Gasteiger partial charge in [0.1, 0.15) is 15.5 Å². The number of aromatic hydroxyl groups is 1. The summed E-state index contributed by atoms with van der Waals surface area (Å²) in [4.78, 5) is 8.97. The van der Waals surface area contributed by atoms with Crippen LogP contribution >= 0.6 is 0 Å². The van der Waals surface area contributed by atoms with Crippen LogP contribution in [0.4, 0.5) is 28.4 Å². The highest BCUT2D eigenvalue weighted by molar-refractivity contribution is 7.86. The highest BCUT2D eigenvalue weighted by atomic mass is 32.2. The van der Waals surface area contributed by atoms with Gasteiger partial charge in [-0.25, -0.2) is 4.79 Å². The van der Waals surface area contributed by atoms with E-state index in [2.05, 4.69) is 20.5 Å². The second-order valence-electron chi connectivity index (χ2n) is 9.67. The molecule has 0 saturated heterocycles. The third-order valence-corrected chi connectivity index (χ3v) is 9.23.